The van der Waals surface area contributed by atoms with Crippen molar-refractivity contribution >= 4 is 16.9 Å². The molecule has 0 bridgehead atoms. The molecule has 2 N–H and O–H groups in total. The summed E-state index contributed by atoms with van der Waals surface area (Å²) in [4.78, 5) is 18.5. The third kappa shape index (κ3) is 3.61. The molecule has 0 spiro atoms. The van der Waals surface area contributed by atoms with Gasteiger partial charge in [-0.1, -0.05) is 19.1 Å². The summed E-state index contributed by atoms with van der Waals surface area (Å²) in [5.41, 5.74) is 7.58. The molecule has 1 heterocycles. The second kappa shape index (κ2) is 7.22. The van der Waals surface area contributed by atoms with E-state index < -0.39 is 0 Å². The van der Waals surface area contributed by atoms with E-state index in [1.165, 1.54) is 0 Å². The molecular weight excluding hydrogens is 264 g/mol. The van der Waals surface area contributed by atoms with E-state index in [0.717, 1.165) is 36.2 Å². The van der Waals surface area contributed by atoms with Crippen LogP contribution in [0, 0.1) is 0 Å². The summed E-state index contributed by atoms with van der Waals surface area (Å²) in [5.74, 6) is 1.19. The highest BCUT2D eigenvalue weighted by Gasteiger charge is 2.12. The number of nitrogens with zero attached hydrogens (tertiary/aromatic N) is 3. The number of amides is 1. The van der Waals surface area contributed by atoms with Crippen LogP contribution < -0.4 is 5.73 Å². The number of para-hydroxylation sites is 2. The molecule has 0 fully saturated rings. The van der Waals surface area contributed by atoms with Crippen molar-refractivity contribution in [2.24, 2.45) is 5.73 Å². The lowest BCUT2D eigenvalue weighted by Crippen LogP contribution is -2.29. The maximum Gasteiger partial charge on any atom is 0.224 e. The topological polar surface area (TPSA) is 64.2 Å². The summed E-state index contributed by atoms with van der Waals surface area (Å²) in [6.45, 7) is 4.10. The van der Waals surface area contributed by atoms with Crippen LogP contribution in [-0.4, -0.2) is 40.5 Å². The van der Waals surface area contributed by atoms with Crippen molar-refractivity contribution in [1.29, 1.82) is 0 Å². The van der Waals surface area contributed by atoms with Gasteiger partial charge in [0, 0.05) is 33.0 Å². The summed E-state index contributed by atoms with van der Waals surface area (Å²) < 4.78 is 2.16. The fourth-order valence-corrected chi connectivity index (χ4v) is 2.50. The molecule has 0 aliphatic heterocycles. The number of carbonyl (C=O) groups is 1. The normalized spacial score (nSPS) is 11.0. The van der Waals surface area contributed by atoms with Crippen molar-refractivity contribution in [2.45, 2.75) is 32.7 Å². The molecule has 0 atom stereocenters. The van der Waals surface area contributed by atoms with Crippen molar-refractivity contribution in [2.75, 3.05) is 20.1 Å². The molecule has 21 heavy (non-hydrogen) atoms. The molecule has 2 rings (SSSR count). The van der Waals surface area contributed by atoms with Gasteiger partial charge in [0.25, 0.3) is 0 Å². The number of hydrogen-bond donors (Lipinski definition) is 1. The largest absolute Gasteiger partial charge is 0.346 e. The lowest BCUT2D eigenvalue weighted by atomic mass is 10.3. The van der Waals surface area contributed by atoms with Crippen molar-refractivity contribution in [3.8, 4) is 0 Å². The van der Waals surface area contributed by atoms with Crippen LogP contribution in [0.4, 0.5) is 0 Å². The minimum Gasteiger partial charge on any atom is -0.346 e. The third-order valence-corrected chi connectivity index (χ3v) is 3.72. The minimum absolute atomic E-state index is 0.156. The Bertz CT molecular complexity index is 605. The molecule has 1 aromatic carbocycles. The maximum atomic E-state index is 12.1. The molecule has 2 aromatic rings. The highest BCUT2D eigenvalue weighted by atomic mass is 16.2. The number of carbonyl (C=O) groups excluding carboxylic acids is 1. The maximum absolute atomic E-state index is 12.1. The fourth-order valence-electron chi connectivity index (χ4n) is 2.50. The van der Waals surface area contributed by atoms with Gasteiger partial charge in [0.1, 0.15) is 5.82 Å². The SMILES string of the molecule is CCc1nc2ccccc2n1CCC(=O)N(C)CCCN. The summed E-state index contributed by atoms with van der Waals surface area (Å²) in [6, 6.07) is 8.07. The van der Waals surface area contributed by atoms with E-state index in [1.54, 1.807) is 4.90 Å². The van der Waals surface area contributed by atoms with E-state index >= 15 is 0 Å². The number of benzene rings is 1. The summed E-state index contributed by atoms with van der Waals surface area (Å²) >= 11 is 0. The Kier molecular flexibility index (Phi) is 5.33. The molecule has 5 nitrogen and oxygen atoms in total. The average Bonchev–Trinajstić information content (AvgIpc) is 2.87. The van der Waals surface area contributed by atoms with Gasteiger partial charge in [-0.3, -0.25) is 4.79 Å². The first-order valence-electron chi connectivity index (χ1n) is 7.55. The van der Waals surface area contributed by atoms with Crippen LogP contribution in [0.25, 0.3) is 11.0 Å². The molecule has 0 radical (unpaired) electrons. The second-order valence-electron chi connectivity index (χ2n) is 5.23. The average molecular weight is 288 g/mol. The van der Waals surface area contributed by atoms with Crippen LogP contribution in [0.2, 0.25) is 0 Å². The first-order valence-corrected chi connectivity index (χ1v) is 7.55. The summed E-state index contributed by atoms with van der Waals surface area (Å²) in [5, 5.41) is 0. The lowest BCUT2D eigenvalue weighted by molar-refractivity contribution is -0.130. The predicted molar refractivity (Wildman–Crippen MR) is 85.0 cm³/mol. The smallest absolute Gasteiger partial charge is 0.224 e. The van der Waals surface area contributed by atoms with Crippen LogP contribution in [0.15, 0.2) is 24.3 Å². The molecule has 5 heteroatoms. The van der Waals surface area contributed by atoms with Crippen molar-refractivity contribution in [1.82, 2.24) is 14.5 Å². The summed E-state index contributed by atoms with van der Waals surface area (Å²) in [6.07, 6.45) is 2.21. The predicted octanol–water partition coefficient (Wildman–Crippen LogP) is 1.80. The number of hydrogen-bond acceptors (Lipinski definition) is 3. The van der Waals surface area contributed by atoms with Gasteiger partial charge in [-0.25, -0.2) is 4.98 Å². The zero-order chi connectivity index (χ0) is 15.2. The van der Waals surface area contributed by atoms with Gasteiger partial charge >= 0.3 is 0 Å². The molecule has 0 aliphatic carbocycles. The number of imidazole rings is 1. The number of nitrogens with two attached hydrogens (primary N) is 1. The quantitative estimate of drug-likeness (QED) is 0.845. The molecule has 0 saturated heterocycles. The Morgan fingerprint density at radius 1 is 1.38 bits per heavy atom. The van der Waals surface area contributed by atoms with Gasteiger partial charge < -0.3 is 15.2 Å². The Balaban J connectivity index is 2.07. The van der Waals surface area contributed by atoms with Crippen LogP contribution in [0.1, 0.15) is 25.6 Å². The third-order valence-electron chi connectivity index (χ3n) is 3.72. The van der Waals surface area contributed by atoms with Gasteiger partial charge in [-0.05, 0) is 25.1 Å². The number of fused-ring (bicyclic) bond motifs is 1. The first-order chi connectivity index (χ1) is 10.2. The zero-order valence-electron chi connectivity index (χ0n) is 12.9. The molecule has 1 aromatic heterocycles. The molecule has 1 amide bonds. The molecule has 0 aliphatic rings. The van der Waals surface area contributed by atoms with Crippen molar-refractivity contribution in [3.63, 3.8) is 0 Å². The van der Waals surface area contributed by atoms with E-state index in [-0.39, 0.29) is 5.91 Å². The minimum atomic E-state index is 0.156. The fraction of sp³-hybridized carbons (Fsp3) is 0.500. The van der Waals surface area contributed by atoms with Crippen LogP contribution in [0.5, 0.6) is 0 Å². The lowest BCUT2D eigenvalue weighted by Gasteiger charge is -2.17. The van der Waals surface area contributed by atoms with Gasteiger partial charge in [0.05, 0.1) is 11.0 Å². The molecule has 114 valence electrons. The highest BCUT2D eigenvalue weighted by Crippen LogP contribution is 2.17. The first kappa shape index (κ1) is 15.5. The number of aromatic nitrogens is 2. The van der Waals surface area contributed by atoms with Gasteiger partial charge in [-0.15, -0.1) is 0 Å². The van der Waals surface area contributed by atoms with Crippen molar-refractivity contribution in [3.05, 3.63) is 30.1 Å². The van der Waals surface area contributed by atoms with E-state index in [4.69, 9.17) is 5.73 Å². The molecule has 0 unspecified atom stereocenters. The standard InChI is InChI=1S/C16H24N4O/c1-3-15-18-13-7-4-5-8-14(13)20(15)12-9-16(21)19(2)11-6-10-17/h4-5,7-8H,3,6,9-12,17H2,1-2H3. The Morgan fingerprint density at radius 3 is 2.86 bits per heavy atom. The van der Waals surface area contributed by atoms with Crippen LogP contribution in [-0.2, 0) is 17.8 Å². The Morgan fingerprint density at radius 2 is 2.14 bits per heavy atom. The number of aryl methyl sites for hydroxylation is 2. The van der Waals surface area contributed by atoms with Gasteiger partial charge in [-0.2, -0.15) is 0 Å². The van der Waals surface area contributed by atoms with Crippen LogP contribution >= 0.6 is 0 Å². The Labute approximate surface area is 125 Å². The summed E-state index contributed by atoms with van der Waals surface area (Å²) in [7, 11) is 1.84. The molecular formula is C16H24N4O. The van der Waals surface area contributed by atoms with E-state index in [1.807, 2.05) is 25.2 Å². The highest BCUT2D eigenvalue weighted by molar-refractivity contribution is 5.78. The van der Waals surface area contributed by atoms with Crippen molar-refractivity contribution < 1.29 is 4.79 Å². The zero-order valence-corrected chi connectivity index (χ0v) is 12.9. The van der Waals surface area contributed by atoms with Gasteiger partial charge in [0.2, 0.25) is 5.91 Å². The monoisotopic (exact) mass is 288 g/mol. The van der Waals surface area contributed by atoms with E-state index in [0.29, 0.717) is 19.5 Å². The number of rotatable bonds is 7. The second-order valence-corrected chi connectivity index (χ2v) is 5.23. The Hall–Kier alpha value is -1.88. The van der Waals surface area contributed by atoms with E-state index in [9.17, 15) is 4.79 Å². The van der Waals surface area contributed by atoms with Gasteiger partial charge in [0.15, 0.2) is 0 Å². The van der Waals surface area contributed by atoms with E-state index in [2.05, 4.69) is 22.5 Å². The van der Waals surface area contributed by atoms with Crippen LogP contribution in [0.3, 0.4) is 0 Å². The molecule has 0 saturated carbocycles.